The molecule has 112 valence electrons. The maximum absolute atomic E-state index is 6.19. The Balaban J connectivity index is 2.14. The Labute approximate surface area is 134 Å². The second-order valence-electron chi connectivity index (χ2n) is 4.73. The van der Waals surface area contributed by atoms with Crippen LogP contribution < -0.4 is 10.6 Å². The van der Waals surface area contributed by atoms with Crippen molar-refractivity contribution >= 4 is 34.8 Å². The van der Waals surface area contributed by atoms with Crippen LogP contribution in [-0.2, 0) is 6.54 Å². The highest BCUT2D eigenvalue weighted by molar-refractivity contribution is 6.37. The molecule has 0 amide bonds. The molecule has 0 saturated heterocycles. The van der Waals surface area contributed by atoms with Crippen LogP contribution in [0.15, 0.2) is 24.5 Å². The van der Waals surface area contributed by atoms with Gasteiger partial charge in [-0.2, -0.15) is 0 Å². The van der Waals surface area contributed by atoms with E-state index in [1.54, 1.807) is 12.3 Å². The number of pyridine rings is 2. The molecule has 0 fully saturated rings. The van der Waals surface area contributed by atoms with Crippen molar-refractivity contribution in [2.75, 3.05) is 17.2 Å². The van der Waals surface area contributed by atoms with E-state index >= 15 is 0 Å². The minimum Gasteiger partial charge on any atom is -0.369 e. The largest absolute Gasteiger partial charge is 0.369 e. The highest BCUT2D eigenvalue weighted by Gasteiger charge is 2.09. The average molecular weight is 325 g/mol. The summed E-state index contributed by atoms with van der Waals surface area (Å²) in [5.74, 6) is 1.27. The van der Waals surface area contributed by atoms with Crippen LogP contribution in [0.2, 0.25) is 10.0 Å². The molecule has 2 heterocycles. The molecule has 0 aliphatic rings. The molecule has 0 radical (unpaired) electrons. The van der Waals surface area contributed by atoms with Crippen molar-refractivity contribution in [3.8, 4) is 0 Å². The Kier molecular flexibility index (Phi) is 5.65. The highest BCUT2D eigenvalue weighted by Crippen LogP contribution is 2.29. The average Bonchev–Trinajstić information content (AvgIpc) is 2.47. The van der Waals surface area contributed by atoms with Crippen molar-refractivity contribution in [3.63, 3.8) is 0 Å². The molecule has 2 aromatic heterocycles. The molecule has 6 heteroatoms. The first-order valence-electron chi connectivity index (χ1n) is 6.85. The molecule has 2 rings (SSSR count). The summed E-state index contributed by atoms with van der Waals surface area (Å²) in [4.78, 5) is 8.53. The van der Waals surface area contributed by atoms with Crippen LogP contribution in [0.5, 0.6) is 0 Å². The number of nitrogens with zero attached hydrogens (tertiary/aromatic N) is 2. The summed E-state index contributed by atoms with van der Waals surface area (Å²) in [5, 5.41) is 7.47. The lowest BCUT2D eigenvalue weighted by Crippen LogP contribution is -2.07. The smallest absolute Gasteiger partial charge is 0.147 e. The van der Waals surface area contributed by atoms with E-state index in [0.717, 1.165) is 24.1 Å². The lowest BCUT2D eigenvalue weighted by molar-refractivity contribution is 0.967. The van der Waals surface area contributed by atoms with Crippen LogP contribution in [0.1, 0.15) is 24.5 Å². The number of aryl methyl sites for hydroxylation is 1. The van der Waals surface area contributed by atoms with E-state index < -0.39 is 0 Å². The van der Waals surface area contributed by atoms with Crippen molar-refractivity contribution in [1.29, 1.82) is 0 Å². The van der Waals surface area contributed by atoms with Crippen LogP contribution in [0.4, 0.5) is 11.6 Å². The fourth-order valence-corrected chi connectivity index (χ4v) is 2.33. The van der Waals surface area contributed by atoms with E-state index in [9.17, 15) is 0 Å². The zero-order valence-corrected chi connectivity index (χ0v) is 13.6. The Bertz CT molecular complexity index is 617. The predicted molar refractivity (Wildman–Crippen MR) is 89.3 cm³/mol. The third kappa shape index (κ3) is 4.22. The molecule has 2 aromatic rings. The van der Waals surface area contributed by atoms with Crippen molar-refractivity contribution in [3.05, 3.63) is 45.7 Å². The number of anilines is 2. The van der Waals surface area contributed by atoms with Crippen molar-refractivity contribution in [2.24, 2.45) is 0 Å². The molecular formula is C15H18Cl2N4. The fourth-order valence-electron chi connectivity index (χ4n) is 1.84. The van der Waals surface area contributed by atoms with Crippen LogP contribution in [0, 0.1) is 6.92 Å². The number of halogens is 2. The normalized spacial score (nSPS) is 10.5. The molecular weight excluding hydrogens is 307 g/mol. The van der Waals surface area contributed by atoms with Crippen molar-refractivity contribution in [2.45, 2.75) is 26.8 Å². The van der Waals surface area contributed by atoms with Gasteiger partial charge in [-0.05, 0) is 36.6 Å². The molecule has 0 aliphatic heterocycles. The van der Waals surface area contributed by atoms with Gasteiger partial charge in [0, 0.05) is 25.5 Å². The van der Waals surface area contributed by atoms with Crippen LogP contribution >= 0.6 is 23.2 Å². The van der Waals surface area contributed by atoms with Gasteiger partial charge >= 0.3 is 0 Å². The zero-order valence-electron chi connectivity index (χ0n) is 12.1. The molecule has 0 spiro atoms. The molecule has 0 saturated carbocycles. The molecule has 0 atom stereocenters. The quantitative estimate of drug-likeness (QED) is 0.819. The van der Waals surface area contributed by atoms with E-state index in [-0.39, 0.29) is 0 Å². The van der Waals surface area contributed by atoms with Crippen molar-refractivity contribution in [1.82, 2.24) is 9.97 Å². The molecule has 0 unspecified atom stereocenters. The number of hydrogen-bond acceptors (Lipinski definition) is 4. The van der Waals surface area contributed by atoms with Crippen LogP contribution in [0.3, 0.4) is 0 Å². The molecule has 0 aliphatic carbocycles. The van der Waals surface area contributed by atoms with E-state index in [0.29, 0.717) is 28.2 Å². The lowest BCUT2D eigenvalue weighted by atomic mass is 10.1. The molecule has 4 nitrogen and oxygen atoms in total. The topological polar surface area (TPSA) is 49.8 Å². The molecule has 21 heavy (non-hydrogen) atoms. The minimum atomic E-state index is 0.508. The summed E-state index contributed by atoms with van der Waals surface area (Å²) in [7, 11) is 0. The van der Waals surface area contributed by atoms with Crippen LogP contribution in [-0.4, -0.2) is 16.5 Å². The van der Waals surface area contributed by atoms with Gasteiger partial charge in [-0.15, -0.1) is 0 Å². The minimum absolute atomic E-state index is 0.508. The summed E-state index contributed by atoms with van der Waals surface area (Å²) in [6.45, 7) is 5.56. The Morgan fingerprint density at radius 1 is 1.14 bits per heavy atom. The van der Waals surface area contributed by atoms with Gasteiger partial charge in [0.2, 0.25) is 0 Å². The lowest BCUT2D eigenvalue weighted by Gasteiger charge is -2.13. The second-order valence-corrected chi connectivity index (χ2v) is 5.55. The van der Waals surface area contributed by atoms with Gasteiger partial charge in [0.15, 0.2) is 0 Å². The van der Waals surface area contributed by atoms with Crippen LogP contribution in [0.25, 0.3) is 0 Å². The fraction of sp³-hybridized carbons (Fsp3) is 0.333. The Hall–Kier alpha value is -1.52. The first-order valence-corrected chi connectivity index (χ1v) is 7.60. The maximum Gasteiger partial charge on any atom is 0.147 e. The summed E-state index contributed by atoms with van der Waals surface area (Å²) in [5.41, 5.74) is 2.28. The Morgan fingerprint density at radius 2 is 1.86 bits per heavy atom. The first-order chi connectivity index (χ1) is 10.1. The van der Waals surface area contributed by atoms with E-state index in [4.69, 9.17) is 23.2 Å². The van der Waals surface area contributed by atoms with Gasteiger partial charge in [-0.25, -0.2) is 4.98 Å². The SMILES string of the molecule is CCCNc1nc(NCc2ccncc2C)c(Cl)cc1Cl. The van der Waals surface area contributed by atoms with E-state index in [1.165, 1.54) is 0 Å². The van der Waals surface area contributed by atoms with Gasteiger partial charge < -0.3 is 10.6 Å². The summed E-state index contributed by atoms with van der Waals surface area (Å²) < 4.78 is 0. The number of rotatable bonds is 6. The van der Waals surface area contributed by atoms with Crippen molar-refractivity contribution < 1.29 is 0 Å². The predicted octanol–water partition coefficient (Wildman–Crippen LogP) is 4.53. The van der Waals surface area contributed by atoms with E-state index in [2.05, 4.69) is 27.5 Å². The Morgan fingerprint density at radius 3 is 2.52 bits per heavy atom. The third-order valence-electron chi connectivity index (χ3n) is 3.05. The monoisotopic (exact) mass is 324 g/mol. The summed E-state index contributed by atoms with van der Waals surface area (Å²) >= 11 is 12.3. The summed E-state index contributed by atoms with van der Waals surface area (Å²) in [6, 6.07) is 3.68. The number of hydrogen-bond donors (Lipinski definition) is 2. The number of nitrogens with one attached hydrogen (secondary N) is 2. The van der Waals surface area contributed by atoms with Gasteiger partial charge in [-0.1, -0.05) is 30.1 Å². The van der Waals surface area contributed by atoms with Gasteiger partial charge in [0.05, 0.1) is 10.0 Å². The van der Waals surface area contributed by atoms with Gasteiger partial charge in [-0.3, -0.25) is 4.98 Å². The molecule has 0 aromatic carbocycles. The van der Waals surface area contributed by atoms with Gasteiger partial charge in [0.25, 0.3) is 0 Å². The molecule has 0 bridgehead atoms. The summed E-state index contributed by atoms with van der Waals surface area (Å²) in [6.07, 6.45) is 4.61. The maximum atomic E-state index is 6.19. The van der Waals surface area contributed by atoms with Gasteiger partial charge in [0.1, 0.15) is 11.6 Å². The second kappa shape index (κ2) is 7.48. The third-order valence-corrected chi connectivity index (χ3v) is 3.63. The first kappa shape index (κ1) is 15.9. The molecule has 2 N–H and O–H groups in total. The zero-order chi connectivity index (χ0) is 15.2. The highest BCUT2D eigenvalue weighted by atomic mass is 35.5. The number of aromatic nitrogens is 2. The standard InChI is InChI=1S/C15H18Cl2N4/c1-3-5-19-14-12(16)7-13(17)15(21-14)20-9-11-4-6-18-8-10(11)2/h4,6-8H,3,5,9H2,1-2H3,(H2,19,20,21). The van der Waals surface area contributed by atoms with E-state index in [1.807, 2.05) is 19.2 Å².